The molecule has 0 aliphatic heterocycles. The number of nitrogens with zero attached hydrogens (tertiary/aromatic N) is 4. The first-order valence-corrected chi connectivity index (χ1v) is 8.79. The van der Waals surface area contributed by atoms with Gasteiger partial charge in [-0.05, 0) is 25.1 Å². The Hall–Kier alpha value is -3.45. The second-order valence-electron chi connectivity index (χ2n) is 6.06. The van der Waals surface area contributed by atoms with Crippen molar-refractivity contribution in [2.24, 2.45) is 0 Å². The fraction of sp³-hybridized carbons (Fsp3) is 0.100. The van der Waals surface area contributed by atoms with Gasteiger partial charge in [0, 0.05) is 11.6 Å². The number of halogens is 1. The minimum absolute atomic E-state index is 0.104. The van der Waals surface area contributed by atoms with Crippen molar-refractivity contribution in [2.45, 2.75) is 6.92 Å². The molecule has 2 heterocycles. The zero-order chi connectivity index (χ0) is 19.7. The zero-order valence-electron chi connectivity index (χ0n) is 15.1. The van der Waals surface area contributed by atoms with Crippen LogP contribution in [0.25, 0.3) is 28.7 Å². The Morgan fingerprint density at radius 2 is 1.96 bits per heavy atom. The third-order valence-corrected chi connectivity index (χ3v) is 4.43. The van der Waals surface area contributed by atoms with E-state index in [2.05, 4.69) is 15.2 Å². The maximum atomic E-state index is 12.0. The number of esters is 1. The molecule has 0 spiro atoms. The molecule has 0 aliphatic carbocycles. The Labute approximate surface area is 165 Å². The highest BCUT2D eigenvalue weighted by Crippen LogP contribution is 2.28. The first kappa shape index (κ1) is 17.9. The maximum absolute atomic E-state index is 12.0. The van der Waals surface area contributed by atoms with Gasteiger partial charge in [-0.3, -0.25) is 0 Å². The lowest BCUT2D eigenvalue weighted by Crippen LogP contribution is -2.05. The van der Waals surface area contributed by atoms with Crippen molar-refractivity contribution in [1.82, 2.24) is 19.9 Å². The van der Waals surface area contributed by atoms with Crippen molar-refractivity contribution in [3.8, 4) is 28.7 Å². The topological polar surface area (TPSA) is 83.0 Å². The fourth-order valence-electron chi connectivity index (χ4n) is 2.77. The molecular formula is C20H15ClN4O3. The summed E-state index contributed by atoms with van der Waals surface area (Å²) < 4.78 is 11.7. The Kier molecular flexibility index (Phi) is 4.67. The predicted octanol–water partition coefficient (Wildman–Crippen LogP) is 4.34. The molecule has 4 rings (SSSR count). The van der Waals surface area contributed by atoms with Crippen LogP contribution in [-0.2, 0) is 4.74 Å². The van der Waals surface area contributed by atoms with Gasteiger partial charge >= 0.3 is 5.97 Å². The van der Waals surface area contributed by atoms with Crippen LogP contribution in [0.15, 0.2) is 59.1 Å². The molecule has 0 aliphatic rings. The molecule has 0 bridgehead atoms. The van der Waals surface area contributed by atoms with Crippen molar-refractivity contribution in [1.29, 1.82) is 0 Å². The second kappa shape index (κ2) is 7.28. The molecule has 8 heteroatoms. The number of carbonyl (C=O) groups is 1. The molecule has 0 saturated carbocycles. The van der Waals surface area contributed by atoms with E-state index in [1.807, 2.05) is 37.3 Å². The monoisotopic (exact) mass is 394 g/mol. The van der Waals surface area contributed by atoms with Gasteiger partial charge in [-0.25, -0.2) is 9.48 Å². The Morgan fingerprint density at radius 3 is 2.71 bits per heavy atom. The van der Waals surface area contributed by atoms with E-state index in [9.17, 15) is 4.79 Å². The SMILES string of the molecule is COC(=O)c1cc(-c2nc(-c3cccc(C)c3)no2)n(-c2ccccc2Cl)n1. The van der Waals surface area contributed by atoms with E-state index in [1.165, 1.54) is 17.9 Å². The third-order valence-electron chi connectivity index (χ3n) is 4.11. The molecule has 0 atom stereocenters. The van der Waals surface area contributed by atoms with E-state index in [0.717, 1.165) is 11.1 Å². The number of methoxy groups -OCH3 is 1. The van der Waals surface area contributed by atoms with E-state index < -0.39 is 5.97 Å². The number of hydrogen-bond donors (Lipinski definition) is 0. The summed E-state index contributed by atoms with van der Waals surface area (Å²) in [7, 11) is 1.29. The summed E-state index contributed by atoms with van der Waals surface area (Å²) in [5, 5.41) is 8.83. The van der Waals surface area contributed by atoms with Crippen LogP contribution in [0.4, 0.5) is 0 Å². The summed E-state index contributed by atoms with van der Waals surface area (Å²) >= 11 is 6.32. The summed E-state index contributed by atoms with van der Waals surface area (Å²) in [6.07, 6.45) is 0. The number of hydrogen-bond acceptors (Lipinski definition) is 6. The van der Waals surface area contributed by atoms with Crippen LogP contribution >= 0.6 is 11.6 Å². The third kappa shape index (κ3) is 3.27. The van der Waals surface area contributed by atoms with E-state index in [-0.39, 0.29) is 11.6 Å². The number of para-hydroxylation sites is 1. The largest absolute Gasteiger partial charge is 0.464 e. The molecule has 7 nitrogen and oxygen atoms in total. The molecule has 0 N–H and O–H groups in total. The van der Waals surface area contributed by atoms with Crippen molar-refractivity contribution in [3.05, 3.63) is 70.9 Å². The summed E-state index contributed by atoms with van der Waals surface area (Å²) in [6, 6.07) is 16.4. The first-order chi connectivity index (χ1) is 13.6. The normalized spacial score (nSPS) is 10.8. The first-order valence-electron chi connectivity index (χ1n) is 8.41. The maximum Gasteiger partial charge on any atom is 0.358 e. The van der Waals surface area contributed by atoms with Crippen LogP contribution in [0.1, 0.15) is 16.1 Å². The zero-order valence-corrected chi connectivity index (χ0v) is 15.8. The van der Waals surface area contributed by atoms with Gasteiger partial charge in [0.2, 0.25) is 5.82 Å². The van der Waals surface area contributed by atoms with Crippen LogP contribution < -0.4 is 0 Å². The Morgan fingerprint density at radius 1 is 1.14 bits per heavy atom. The molecular weight excluding hydrogens is 380 g/mol. The van der Waals surface area contributed by atoms with Crippen LogP contribution in [0, 0.1) is 6.92 Å². The van der Waals surface area contributed by atoms with Crippen molar-refractivity contribution >= 4 is 17.6 Å². The number of carbonyl (C=O) groups excluding carboxylic acids is 1. The summed E-state index contributed by atoms with van der Waals surface area (Å²) in [5.41, 5.74) is 3.02. The Bertz CT molecular complexity index is 1170. The summed E-state index contributed by atoms with van der Waals surface area (Å²) in [6.45, 7) is 1.99. The molecule has 2 aromatic carbocycles. The average Bonchev–Trinajstić information content (AvgIpc) is 3.35. The van der Waals surface area contributed by atoms with Gasteiger partial charge in [-0.15, -0.1) is 0 Å². The van der Waals surface area contributed by atoms with Crippen LogP contribution in [0.5, 0.6) is 0 Å². The lowest BCUT2D eigenvalue weighted by Gasteiger charge is -2.06. The quantitative estimate of drug-likeness (QED) is 0.479. The van der Waals surface area contributed by atoms with Gasteiger partial charge < -0.3 is 9.26 Å². The molecule has 0 unspecified atom stereocenters. The number of aryl methyl sites for hydroxylation is 1. The molecule has 140 valence electrons. The molecule has 0 amide bonds. The highest BCUT2D eigenvalue weighted by atomic mass is 35.5. The van der Waals surface area contributed by atoms with E-state index in [1.54, 1.807) is 18.2 Å². The standard InChI is InChI=1S/C20H15ClN4O3/c1-12-6-5-7-13(10-12)18-22-19(28-24-18)17-11-15(20(26)27-2)23-25(17)16-9-4-3-8-14(16)21/h3-11H,1-2H3. The smallest absolute Gasteiger partial charge is 0.358 e. The van der Waals surface area contributed by atoms with E-state index >= 15 is 0 Å². The Balaban J connectivity index is 1.84. The van der Waals surface area contributed by atoms with Crippen molar-refractivity contribution < 1.29 is 14.1 Å². The molecule has 2 aromatic heterocycles. The molecule has 0 fully saturated rings. The molecule has 28 heavy (non-hydrogen) atoms. The van der Waals surface area contributed by atoms with Crippen LogP contribution in [0.2, 0.25) is 5.02 Å². The van der Waals surface area contributed by atoms with Gasteiger partial charge in [0.1, 0.15) is 5.69 Å². The summed E-state index contributed by atoms with van der Waals surface area (Å²) in [5.74, 6) is 0.0646. The van der Waals surface area contributed by atoms with Gasteiger partial charge in [0.05, 0.1) is 17.8 Å². The van der Waals surface area contributed by atoms with Crippen molar-refractivity contribution in [3.63, 3.8) is 0 Å². The number of benzene rings is 2. The highest BCUT2D eigenvalue weighted by Gasteiger charge is 2.22. The van der Waals surface area contributed by atoms with Gasteiger partial charge in [0.15, 0.2) is 5.69 Å². The van der Waals surface area contributed by atoms with Gasteiger partial charge in [-0.2, -0.15) is 10.1 Å². The number of ether oxygens (including phenoxy) is 1. The lowest BCUT2D eigenvalue weighted by molar-refractivity contribution is 0.0593. The van der Waals surface area contributed by atoms with E-state index in [4.69, 9.17) is 20.9 Å². The average molecular weight is 395 g/mol. The van der Waals surface area contributed by atoms with Crippen LogP contribution in [0.3, 0.4) is 0 Å². The lowest BCUT2D eigenvalue weighted by atomic mass is 10.1. The summed E-state index contributed by atoms with van der Waals surface area (Å²) in [4.78, 5) is 16.5. The van der Waals surface area contributed by atoms with Crippen molar-refractivity contribution in [2.75, 3.05) is 7.11 Å². The van der Waals surface area contributed by atoms with Gasteiger partial charge in [0.25, 0.3) is 5.89 Å². The second-order valence-corrected chi connectivity index (χ2v) is 6.47. The minimum atomic E-state index is -0.578. The minimum Gasteiger partial charge on any atom is -0.464 e. The van der Waals surface area contributed by atoms with E-state index in [0.29, 0.717) is 22.2 Å². The number of rotatable bonds is 4. The van der Waals surface area contributed by atoms with Crippen LogP contribution in [-0.4, -0.2) is 33.0 Å². The predicted molar refractivity (Wildman–Crippen MR) is 103 cm³/mol. The molecule has 0 saturated heterocycles. The highest BCUT2D eigenvalue weighted by molar-refractivity contribution is 6.32. The van der Waals surface area contributed by atoms with Gasteiger partial charge in [-0.1, -0.05) is 52.7 Å². The fourth-order valence-corrected chi connectivity index (χ4v) is 2.99. The molecule has 4 aromatic rings. The number of aromatic nitrogens is 4. The molecule has 0 radical (unpaired) electrons.